The number of nitrogens with zero attached hydrogens (tertiary/aromatic N) is 2. The summed E-state index contributed by atoms with van der Waals surface area (Å²) in [6.45, 7) is 5.79. The van der Waals surface area contributed by atoms with Gasteiger partial charge in [0, 0.05) is 32.0 Å². The largest absolute Gasteiger partial charge is 0.461 e. The predicted octanol–water partition coefficient (Wildman–Crippen LogP) is 2.38. The molecule has 0 fully saturated rings. The van der Waals surface area contributed by atoms with E-state index in [1.807, 2.05) is 0 Å². The normalized spacial score (nSPS) is 10.8. The number of Topliss-reactive ketones (excluding diaryl/α,β-unsaturated/α-hetero) is 1. The minimum absolute atomic E-state index is 0.151. The third-order valence-electron chi connectivity index (χ3n) is 4.60. The predicted molar refractivity (Wildman–Crippen MR) is 102 cm³/mol. The first kappa shape index (κ1) is 21.4. The van der Waals surface area contributed by atoms with Crippen LogP contribution in [0.4, 0.5) is 0 Å². The van der Waals surface area contributed by atoms with Crippen LogP contribution in [-0.4, -0.2) is 60.5 Å². The Morgan fingerprint density at radius 1 is 1.25 bits per heavy atom. The quantitative estimate of drug-likeness (QED) is 0.482. The summed E-state index contributed by atoms with van der Waals surface area (Å²) in [5.74, 6) is -0.991. The molecule has 0 aliphatic heterocycles. The van der Waals surface area contributed by atoms with Crippen LogP contribution in [0.1, 0.15) is 49.6 Å². The summed E-state index contributed by atoms with van der Waals surface area (Å²) in [6, 6.07) is 3.16. The second-order valence-corrected chi connectivity index (χ2v) is 6.33. The van der Waals surface area contributed by atoms with Gasteiger partial charge in [0.2, 0.25) is 0 Å². The lowest BCUT2D eigenvalue weighted by Gasteiger charge is -2.20. The van der Waals surface area contributed by atoms with Crippen LogP contribution in [0.3, 0.4) is 0 Å². The number of hydrogen-bond donors (Lipinski definition) is 0. The molecule has 0 spiro atoms. The number of ketones is 1. The Hall–Kier alpha value is -2.87. The van der Waals surface area contributed by atoms with E-state index in [2.05, 4.69) is 0 Å². The number of ether oxygens (including phenoxy) is 2. The van der Waals surface area contributed by atoms with Crippen LogP contribution >= 0.6 is 0 Å². The zero-order valence-electron chi connectivity index (χ0n) is 16.9. The molecule has 2 aromatic heterocycles. The maximum atomic E-state index is 13.0. The molecule has 0 unspecified atom stereocenters. The summed E-state index contributed by atoms with van der Waals surface area (Å²) in [6.07, 6.45) is 1.40. The number of carbonyl (C=O) groups is 3. The van der Waals surface area contributed by atoms with Crippen molar-refractivity contribution in [1.29, 1.82) is 0 Å². The average molecular weight is 390 g/mol. The van der Waals surface area contributed by atoms with E-state index in [1.165, 1.54) is 18.3 Å². The van der Waals surface area contributed by atoms with E-state index in [9.17, 15) is 14.4 Å². The van der Waals surface area contributed by atoms with Crippen molar-refractivity contribution in [1.82, 2.24) is 9.47 Å². The molecule has 2 rings (SSSR count). The van der Waals surface area contributed by atoms with E-state index in [1.54, 1.807) is 44.5 Å². The Balaban J connectivity index is 2.32. The van der Waals surface area contributed by atoms with Gasteiger partial charge in [-0.2, -0.15) is 0 Å². The number of carbonyl (C=O) groups excluding carboxylic acids is 3. The van der Waals surface area contributed by atoms with E-state index in [0.717, 1.165) is 0 Å². The summed E-state index contributed by atoms with van der Waals surface area (Å²) in [5, 5.41) is 0. The van der Waals surface area contributed by atoms with Crippen molar-refractivity contribution in [3.63, 3.8) is 0 Å². The molecule has 2 heterocycles. The Morgan fingerprint density at radius 2 is 1.96 bits per heavy atom. The van der Waals surface area contributed by atoms with Crippen LogP contribution in [0, 0.1) is 13.8 Å². The van der Waals surface area contributed by atoms with Gasteiger partial charge in [0.05, 0.1) is 26.0 Å². The van der Waals surface area contributed by atoms with Gasteiger partial charge in [0.1, 0.15) is 5.69 Å². The van der Waals surface area contributed by atoms with Crippen LogP contribution in [0.15, 0.2) is 22.8 Å². The van der Waals surface area contributed by atoms with Crippen LogP contribution < -0.4 is 0 Å². The lowest BCUT2D eigenvalue weighted by atomic mass is 10.0. The second kappa shape index (κ2) is 9.36. The molecule has 0 radical (unpaired) electrons. The van der Waals surface area contributed by atoms with Crippen LogP contribution in [-0.2, 0) is 16.5 Å². The molecule has 8 nitrogen and oxygen atoms in total. The van der Waals surface area contributed by atoms with E-state index in [4.69, 9.17) is 13.9 Å². The summed E-state index contributed by atoms with van der Waals surface area (Å²) < 4.78 is 17.0. The Morgan fingerprint density at radius 3 is 2.54 bits per heavy atom. The smallest absolute Gasteiger partial charge is 0.355 e. The van der Waals surface area contributed by atoms with Gasteiger partial charge in [-0.3, -0.25) is 9.59 Å². The molecule has 0 saturated carbocycles. The van der Waals surface area contributed by atoms with Crippen molar-refractivity contribution < 1.29 is 28.3 Å². The Bertz CT molecular complexity index is 851. The summed E-state index contributed by atoms with van der Waals surface area (Å²) in [4.78, 5) is 39.3. The number of hydrogen-bond acceptors (Lipinski definition) is 6. The molecule has 28 heavy (non-hydrogen) atoms. The zero-order chi connectivity index (χ0) is 20.8. The number of aromatic nitrogens is 1. The SMILES string of the molecule is CCOC(=O)c1c(C)c(C(=O)CN(CCOC)C(=O)c2ccco2)c(C)n1C. The van der Waals surface area contributed by atoms with Crippen molar-refractivity contribution in [3.05, 3.63) is 46.7 Å². The van der Waals surface area contributed by atoms with E-state index in [0.29, 0.717) is 22.5 Å². The van der Waals surface area contributed by atoms with Crippen molar-refractivity contribution >= 4 is 17.7 Å². The number of rotatable bonds is 9. The standard InChI is InChI=1S/C20H26N2O6/c1-6-27-20(25)18-13(2)17(14(3)21(18)4)15(23)12-22(9-11-26-5)19(24)16-8-7-10-28-16/h7-8,10H,6,9,11-12H2,1-5H3. The second-order valence-electron chi connectivity index (χ2n) is 6.33. The molecule has 0 aliphatic rings. The summed E-state index contributed by atoms with van der Waals surface area (Å²) >= 11 is 0. The van der Waals surface area contributed by atoms with Gasteiger partial charge in [-0.25, -0.2) is 4.79 Å². The first-order valence-electron chi connectivity index (χ1n) is 9.01. The van der Waals surface area contributed by atoms with Crippen molar-refractivity contribution in [3.8, 4) is 0 Å². The number of esters is 1. The van der Waals surface area contributed by atoms with Crippen LogP contribution in [0.2, 0.25) is 0 Å². The number of amides is 1. The van der Waals surface area contributed by atoms with E-state index >= 15 is 0 Å². The van der Waals surface area contributed by atoms with Gasteiger partial charge in [0.25, 0.3) is 5.91 Å². The highest BCUT2D eigenvalue weighted by Crippen LogP contribution is 2.23. The summed E-state index contributed by atoms with van der Waals surface area (Å²) in [7, 11) is 3.23. The lowest BCUT2D eigenvalue weighted by Crippen LogP contribution is -2.38. The average Bonchev–Trinajstić information content (AvgIpc) is 3.26. The topological polar surface area (TPSA) is 91.0 Å². The minimum Gasteiger partial charge on any atom is -0.461 e. The third kappa shape index (κ3) is 4.33. The van der Waals surface area contributed by atoms with Crippen molar-refractivity contribution in [2.75, 3.05) is 33.4 Å². The van der Waals surface area contributed by atoms with Crippen molar-refractivity contribution in [2.45, 2.75) is 20.8 Å². The van der Waals surface area contributed by atoms with Gasteiger partial charge in [-0.05, 0) is 38.5 Å². The highest BCUT2D eigenvalue weighted by Gasteiger charge is 2.28. The molecule has 0 aliphatic carbocycles. The van der Waals surface area contributed by atoms with Crippen LogP contribution in [0.5, 0.6) is 0 Å². The van der Waals surface area contributed by atoms with E-state index in [-0.39, 0.29) is 37.8 Å². The van der Waals surface area contributed by atoms with Gasteiger partial charge < -0.3 is 23.4 Å². The highest BCUT2D eigenvalue weighted by atomic mass is 16.5. The van der Waals surface area contributed by atoms with Gasteiger partial charge in [-0.15, -0.1) is 0 Å². The molecule has 2 aromatic rings. The third-order valence-corrected chi connectivity index (χ3v) is 4.60. The van der Waals surface area contributed by atoms with Gasteiger partial charge in [-0.1, -0.05) is 0 Å². The molecular weight excluding hydrogens is 364 g/mol. The molecule has 8 heteroatoms. The number of furan rings is 1. The molecule has 152 valence electrons. The molecule has 0 saturated heterocycles. The lowest BCUT2D eigenvalue weighted by molar-refractivity contribution is 0.0513. The molecule has 0 atom stereocenters. The van der Waals surface area contributed by atoms with E-state index < -0.39 is 11.9 Å². The first-order valence-corrected chi connectivity index (χ1v) is 9.01. The first-order chi connectivity index (χ1) is 13.3. The van der Waals surface area contributed by atoms with Crippen molar-refractivity contribution in [2.24, 2.45) is 7.05 Å². The molecule has 0 bridgehead atoms. The fourth-order valence-corrected chi connectivity index (χ4v) is 3.14. The molecule has 1 amide bonds. The summed E-state index contributed by atoms with van der Waals surface area (Å²) in [5.41, 5.74) is 1.94. The van der Waals surface area contributed by atoms with Gasteiger partial charge >= 0.3 is 5.97 Å². The minimum atomic E-state index is -0.479. The molecule has 0 aromatic carbocycles. The van der Waals surface area contributed by atoms with Crippen LogP contribution in [0.25, 0.3) is 0 Å². The zero-order valence-corrected chi connectivity index (χ0v) is 16.9. The maximum Gasteiger partial charge on any atom is 0.355 e. The molecule has 0 N–H and O–H groups in total. The Kier molecular flexibility index (Phi) is 7.17. The fraction of sp³-hybridized carbons (Fsp3) is 0.450. The molecular formula is C20H26N2O6. The maximum absolute atomic E-state index is 13.0. The fourth-order valence-electron chi connectivity index (χ4n) is 3.14. The number of methoxy groups -OCH3 is 1. The Labute approximate surface area is 164 Å². The highest BCUT2D eigenvalue weighted by molar-refractivity contribution is 6.05. The monoisotopic (exact) mass is 390 g/mol. The van der Waals surface area contributed by atoms with Gasteiger partial charge in [0.15, 0.2) is 11.5 Å².